The third-order valence-electron chi connectivity index (χ3n) is 4.53. The number of rotatable bonds is 7. The van der Waals surface area contributed by atoms with Gasteiger partial charge in [-0.1, -0.05) is 60.3 Å². The number of imide groups is 1. The molecule has 0 spiro atoms. The Bertz CT molecular complexity index is 1180. The van der Waals surface area contributed by atoms with E-state index in [9.17, 15) is 9.59 Å². The largest absolute Gasteiger partial charge is 0.461 e. The van der Waals surface area contributed by atoms with Crippen LogP contribution in [0.2, 0.25) is 0 Å². The lowest BCUT2D eigenvalue weighted by Crippen LogP contribution is -2.41. The van der Waals surface area contributed by atoms with Gasteiger partial charge in [-0.05, 0) is 36.8 Å². The normalized spacial score (nSPS) is 11.7. The highest BCUT2D eigenvalue weighted by molar-refractivity contribution is 8.00. The first-order chi connectivity index (χ1) is 15.7. The molecule has 0 bridgehead atoms. The van der Waals surface area contributed by atoms with Crippen LogP contribution in [-0.2, 0) is 4.79 Å². The van der Waals surface area contributed by atoms with E-state index < -0.39 is 17.2 Å². The number of thioether (sulfide) groups is 1. The molecule has 0 fully saturated rings. The van der Waals surface area contributed by atoms with Gasteiger partial charge in [0.05, 0.1) is 6.26 Å². The quantitative estimate of drug-likeness (QED) is 0.412. The summed E-state index contributed by atoms with van der Waals surface area (Å²) >= 11 is 1.21. The Labute approximate surface area is 189 Å². The number of furan rings is 1. The highest BCUT2D eigenvalue weighted by Gasteiger charge is 2.28. The van der Waals surface area contributed by atoms with Crippen molar-refractivity contribution in [3.05, 3.63) is 84.6 Å². The van der Waals surface area contributed by atoms with Crippen molar-refractivity contribution in [3.8, 4) is 17.3 Å². The molecule has 4 rings (SSSR count). The Morgan fingerprint density at radius 3 is 2.38 bits per heavy atom. The Hall–Kier alpha value is -3.85. The van der Waals surface area contributed by atoms with Crippen LogP contribution in [0.3, 0.4) is 0 Å². The third kappa shape index (κ3) is 4.73. The van der Waals surface area contributed by atoms with E-state index in [2.05, 4.69) is 20.8 Å². The Kier molecular flexibility index (Phi) is 6.66. The van der Waals surface area contributed by atoms with Crippen LogP contribution in [0.1, 0.15) is 17.7 Å². The molecule has 0 unspecified atom stereocenters. The molecule has 0 aliphatic heterocycles. The maximum atomic E-state index is 13.0. The second kappa shape index (κ2) is 9.97. The minimum absolute atomic E-state index is 0.414. The van der Waals surface area contributed by atoms with Crippen LogP contribution in [0.25, 0.3) is 17.3 Å². The summed E-state index contributed by atoms with van der Waals surface area (Å²) in [4.78, 5) is 25.0. The van der Waals surface area contributed by atoms with Crippen molar-refractivity contribution in [2.24, 2.45) is 0 Å². The van der Waals surface area contributed by atoms with E-state index in [1.165, 1.54) is 11.8 Å². The van der Waals surface area contributed by atoms with Gasteiger partial charge in [-0.15, -0.1) is 10.2 Å². The first-order valence-electron chi connectivity index (χ1n) is 10.0. The van der Waals surface area contributed by atoms with Crippen molar-refractivity contribution in [2.75, 3.05) is 6.54 Å². The number of para-hydroxylation sites is 1. The van der Waals surface area contributed by atoms with Crippen LogP contribution < -0.4 is 10.6 Å². The summed E-state index contributed by atoms with van der Waals surface area (Å²) in [6.45, 7) is 2.20. The number of carbonyl (C=O) groups is 2. The second-order valence-corrected chi connectivity index (χ2v) is 7.78. The van der Waals surface area contributed by atoms with Crippen LogP contribution in [-0.4, -0.2) is 33.2 Å². The molecule has 2 aromatic carbocycles. The summed E-state index contributed by atoms with van der Waals surface area (Å²) in [5.41, 5.74) is 1.56. The molecule has 2 heterocycles. The van der Waals surface area contributed by atoms with Gasteiger partial charge >= 0.3 is 6.03 Å². The molecule has 0 saturated heterocycles. The van der Waals surface area contributed by atoms with Gasteiger partial charge < -0.3 is 9.73 Å². The highest BCUT2D eigenvalue weighted by atomic mass is 32.2. The molecular formula is C23H21N5O3S. The minimum atomic E-state index is -0.727. The topological polar surface area (TPSA) is 102 Å². The monoisotopic (exact) mass is 447 g/mol. The molecule has 1 atom stereocenters. The SMILES string of the molecule is CCNC(=O)NC(=O)[C@H](Sc1nnc(-c2ccco2)n1-c1ccccc1)c1ccccc1. The zero-order valence-electron chi connectivity index (χ0n) is 17.3. The van der Waals surface area contributed by atoms with Crippen LogP contribution in [0.5, 0.6) is 0 Å². The van der Waals surface area contributed by atoms with Gasteiger partial charge in [-0.25, -0.2) is 4.79 Å². The molecule has 4 aromatic rings. The summed E-state index contributed by atoms with van der Waals surface area (Å²) in [7, 11) is 0. The summed E-state index contributed by atoms with van der Waals surface area (Å²) in [6, 6.07) is 21.9. The number of carbonyl (C=O) groups excluding carboxylic acids is 2. The smallest absolute Gasteiger partial charge is 0.321 e. The fourth-order valence-electron chi connectivity index (χ4n) is 3.11. The van der Waals surface area contributed by atoms with E-state index in [1.54, 1.807) is 25.3 Å². The Balaban J connectivity index is 1.74. The average Bonchev–Trinajstić information content (AvgIpc) is 3.48. The van der Waals surface area contributed by atoms with E-state index in [4.69, 9.17) is 4.42 Å². The van der Waals surface area contributed by atoms with Gasteiger partial charge in [0.1, 0.15) is 5.25 Å². The number of amides is 3. The molecule has 0 aliphatic carbocycles. The van der Waals surface area contributed by atoms with E-state index in [0.717, 1.165) is 11.3 Å². The summed E-state index contributed by atoms with van der Waals surface area (Å²) in [6.07, 6.45) is 1.57. The van der Waals surface area contributed by atoms with Crippen molar-refractivity contribution in [1.29, 1.82) is 0 Å². The molecule has 0 radical (unpaired) electrons. The maximum absolute atomic E-state index is 13.0. The first-order valence-corrected chi connectivity index (χ1v) is 10.9. The zero-order chi connectivity index (χ0) is 22.3. The average molecular weight is 448 g/mol. The summed E-state index contributed by atoms with van der Waals surface area (Å²) < 4.78 is 7.38. The van der Waals surface area contributed by atoms with Gasteiger partial charge in [-0.3, -0.25) is 14.7 Å². The lowest BCUT2D eigenvalue weighted by Gasteiger charge is -2.17. The lowest BCUT2D eigenvalue weighted by molar-refractivity contribution is -0.119. The predicted octanol–water partition coefficient (Wildman–Crippen LogP) is 4.21. The molecule has 0 saturated carbocycles. The zero-order valence-corrected chi connectivity index (χ0v) is 18.1. The standard InChI is InChI=1S/C23H21N5O3S/c1-2-24-22(30)25-21(29)19(16-10-5-3-6-11-16)32-23-27-26-20(18-14-9-15-31-18)28(23)17-12-7-4-8-13-17/h3-15,19H,2H2,1H3,(H2,24,25,29,30)/t19-/m1/s1. The predicted molar refractivity (Wildman–Crippen MR) is 121 cm³/mol. The number of hydrogen-bond donors (Lipinski definition) is 2. The molecule has 0 aliphatic rings. The first kappa shape index (κ1) is 21.4. The van der Waals surface area contributed by atoms with E-state index in [1.807, 2.05) is 65.2 Å². The van der Waals surface area contributed by atoms with Crippen molar-refractivity contribution >= 4 is 23.7 Å². The van der Waals surface area contributed by atoms with Gasteiger partial charge in [-0.2, -0.15) is 0 Å². The number of urea groups is 1. The van der Waals surface area contributed by atoms with Crippen LogP contribution in [0.4, 0.5) is 4.79 Å². The molecule has 3 amide bonds. The second-order valence-electron chi connectivity index (χ2n) is 6.71. The highest BCUT2D eigenvalue weighted by Crippen LogP contribution is 2.37. The third-order valence-corrected chi connectivity index (χ3v) is 5.72. The Morgan fingerprint density at radius 1 is 1.00 bits per heavy atom. The number of nitrogens with one attached hydrogen (secondary N) is 2. The Morgan fingerprint density at radius 2 is 1.72 bits per heavy atom. The molecular weight excluding hydrogens is 426 g/mol. The molecule has 2 N–H and O–H groups in total. The summed E-state index contributed by atoms with van der Waals surface area (Å²) in [5, 5.41) is 13.4. The lowest BCUT2D eigenvalue weighted by atomic mass is 10.1. The molecule has 162 valence electrons. The number of nitrogens with zero attached hydrogens (tertiary/aromatic N) is 3. The van der Waals surface area contributed by atoms with Crippen molar-refractivity contribution in [1.82, 2.24) is 25.4 Å². The van der Waals surface area contributed by atoms with E-state index in [0.29, 0.717) is 23.3 Å². The molecule has 8 nitrogen and oxygen atoms in total. The van der Waals surface area contributed by atoms with Crippen molar-refractivity contribution in [2.45, 2.75) is 17.3 Å². The van der Waals surface area contributed by atoms with Crippen LogP contribution in [0.15, 0.2) is 88.6 Å². The number of hydrogen-bond acceptors (Lipinski definition) is 6. The van der Waals surface area contributed by atoms with Gasteiger partial charge in [0.25, 0.3) is 0 Å². The van der Waals surface area contributed by atoms with Crippen LogP contribution >= 0.6 is 11.8 Å². The van der Waals surface area contributed by atoms with E-state index >= 15 is 0 Å². The minimum Gasteiger partial charge on any atom is -0.461 e. The molecule has 2 aromatic heterocycles. The van der Waals surface area contributed by atoms with Crippen molar-refractivity contribution in [3.63, 3.8) is 0 Å². The fraction of sp³-hybridized carbons (Fsp3) is 0.130. The van der Waals surface area contributed by atoms with E-state index in [-0.39, 0.29) is 0 Å². The number of aromatic nitrogens is 3. The summed E-state index contributed by atoms with van der Waals surface area (Å²) in [5.74, 6) is 0.616. The number of benzene rings is 2. The van der Waals surface area contributed by atoms with Gasteiger partial charge in [0.15, 0.2) is 10.9 Å². The van der Waals surface area contributed by atoms with Crippen molar-refractivity contribution < 1.29 is 14.0 Å². The van der Waals surface area contributed by atoms with Gasteiger partial charge in [0, 0.05) is 12.2 Å². The molecule has 9 heteroatoms. The molecule has 32 heavy (non-hydrogen) atoms. The van der Waals surface area contributed by atoms with Gasteiger partial charge in [0.2, 0.25) is 11.7 Å². The maximum Gasteiger partial charge on any atom is 0.321 e. The fourth-order valence-corrected chi connectivity index (χ4v) is 4.17. The van der Waals surface area contributed by atoms with Crippen LogP contribution in [0, 0.1) is 0 Å².